The van der Waals surface area contributed by atoms with Crippen molar-refractivity contribution in [3.05, 3.63) is 56.7 Å². The topological polar surface area (TPSA) is 83.9 Å². The number of thiophene rings is 1. The number of carbonyl (C=O) groups is 1. The van der Waals surface area contributed by atoms with Crippen molar-refractivity contribution in [1.29, 1.82) is 0 Å². The number of amides is 1. The quantitative estimate of drug-likeness (QED) is 0.514. The molecule has 1 amide bonds. The van der Waals surface area contributed by atoms with E-state index in [-0.39, 0.29) is 17.9 Å². The van der Waals surface area contributed by atoms with Crippen molar-refractivity contribution in [2.45, 2.75) is 46.7 Å². The maximum Gasteiger partial charge on any atom is 0.259 e. The number of para-hydroxylation sites is 2. The molecular weight excluding hydrogens is 398 g/mol. The number of rotatable bonds is 6. The first-order chi connectivity index (χ1) is 14.4. The highest BCUT2D eigenvalue weighted by Gasteiger charge is 2.17. The van der Waals surface area contributed by atoms with Crippen LogP contribution in [0.1, 0.15) is 35.4 Å². The lowest BCUT2D eigenvalue weighted by atomic mass is 10.2. The summed E-state index contributed by atoms with van der Waals surface area (Å²) in [6.45, 7) is 7.23. The number of aryl methyl sites for hydroxylation is 4. The van der Waals surface area contributed by atoms with Crippen LogP contribution >= 0.6 is 11.3 Å². The fourth-order valence-electron chi connectivity index (χ4n) is 3.73. The highest BCUT2D eigenvalue weighted by Crippen LogP contribution is 2.25. The van der Waals surface area contributed by atoms with Gasteiger partial charge in [-0.2, -0.15) is 0 Å². The lowest BCUT2D eigenvalue weighted by Gasteiger charge is -2.17. The van der Waals surface area contributed by atoms with Gasteiger partial charge in [-0.25, -0.2) is 9.97 Å². The summed E-state index contributed by atoms with van der Waals surface area (Å²) in [5.74, 6) is 1.41. The normalized spacial score (nSPS) is 11.5. The second-order valence-electron chi connectivity index (χ2n) is 7.49. The Morgan fingerprint density at radius 1 is 1.23 bits per heavy atom. The van der Waals surface area contributed by atoms with E-state index in [4.69, 9.17) is 4.98 Å². The number of imidazole rings is 1. The molecule has 0 saturated heterocycles. The molecule has 8 heteroatoms. The van der Waals surface area contributed by atoms with Crippen molar-refractivity contribution in [3.8, 4) is 0 Å². The number of hydrogen-bond acceptors (Lipinski definition) is 5. The maximum absolute atomic E-state index is 12.7. The van der Waals surface area contributed by atoms with Crippen LogP contribution in [-0.4, -0.2) is 37.4 Å². The Labute approximate surface area is 178 Å². The number of benzene rings is 1. The van der Waals surface area contributed by atoms with Crippen LogP contribution < -0.4 is 5.56 Å². The molecule has 156 valence electrons. The summed E-state index contributed by atoms with van der Waals surface area (Å²) >= 11 is 1.52. The minimum Gasteiger partial charge on any atom is -0.338 e. The average molecular weight is 424 g/mol. The molecule has 0 atom stereocenters. The Morgan fingerprint density at radius 2 is 2.00 bits per heavy atom. The van der Waals surface area contributed by atoms with E-state index in [9.17, 15) is 9.59 Å². The number of nitrogens with zero attached hydrogens (tertiary/aromatic N) is 4. The SMILES string of the molecule is CCn1c(CN(C)C(=O)CCc2nc3sc(C)c(C)c3c(=O)[nH]2)nc2ccccc21. The van der Waals surface area contributed by atoms with Crippen LogP contribution in [0.3, 0.4) is 0 Å². The van der Waals surface area contributed by atoms with Crippen LogP contribution in [0, 0.1) is 13.8 Å². The van der Waals surface area contributed by atoms with E-state index in [1.165, 1.54) is 11.3 Å². The van der Waals surface area contributed by atoms with Crippen molar-refractivity contribution < 1.29 is 4.79 Å². The molecule has 7 nitrogen and oxygen atoms in total. The lowest BCUT2D eigenvalue weighted by molar-refractivity contribution is -0.130. The summed E-state index contributed by atoms with van der Waals surface area (Å²) in [7, 11) is 1.78. The first-order valence-corrected chi connectivity index (χ1v) is 10.9. The van der Waals surface area contributed by atoms with Gasteiger partial charge in [-0.15, -0.1) is 11.3 Å². The monoisotopic (exact) mass is 423 g/mol. The molecular formula is C22H25N5O2S. The first kappa shape index (κ1) is 20.3. The van der Waals surface area contributed by atoms with Gasteiger partial charge in [0, 0.05) is 31.3 Å². The Hall–Kier alpha value is -3.00. The van der Waals surface area contributed by atoms with Gasteiger partial charge in [0.05, 0.1) is 23.0 Å². The Kier molecular flexibility index (Phi) is 5.42. The van der Waals surface area contributed by atoms with Gasteiger partial charge in [-0.3, -0.25) is 9.59 Å². The molecule has 3 heterocycles. The molecule has 0 fully saturated rings. The third-order valence-electron chi connectivity index (χ3n) is 5.52. The molecule has 4 rings (SSSR count). The fraction of sp³-hybridized carbons (Fsp3) is 0.364. The summed E-state index contributed by atoms with van der Waals surface area (Å²) in [6, 6.07) is 7.99. The van der Waals surface area contributed by atoms with Crippen LogP contribution in [0.5, 0.6) is 0 Å². The summed E-state index contributed by atoms with van der Waals surface area (Å²) in [5.41, 5.74) is 2.86. The molecule has 3 aromatic heterocycles. The highest BCUT2D eigenvalue weighted by atomic mass is 32.1. The minimum absolute atomic E-state index is 0.00834. The zero-order valence-electron chi connectivity index (χ0n) is 17.7. The van der Waals surface area contributed by atoms with E-state index in [1.807, 2.05) is 38.1 Å². The summed E-state index contributed by atoms with van der Waals surface area (Å²) in [5, 5.41) is 0.656. The first-order valence-electron chi connectivity index (χ1n) is 10.1. The number of fused-ring (bicyclic) bond motifs is 2. The molecule has 1 N–H and O–H groups in total. The molecule has 0 radical (unpaired) electrons. The van der Waals surface area contributed by atoms with Crippen LogP contribution in [0.4, 0.5) is 0 Å². The Morgan fingerprint density at radius 3 is 2.77 bits per heavy atom. The molecule has 30 heavy (non-hydrogen) atoms. The van der Waals surface area contributed by atoms with Crippen molar-refractivity contribution in [2.24, 2.45) is 0 Å². The Balaban J connectivity index is 1.47. The van der Waals surface area contributed by atoms with E-state index in [0.717, 1.165) is 38.7 Å². The molecule has 0 aliphatic heterocycles. The molecule has 0 spiro atoms. The minimum atomic E-state index is -0.130. The van der Waals surface area contributed by atoms with Gasteiger partial charge in [0.1, 0.15) is 16.5 Å². The van der Waals surface area contributed by atoms with Gasteiger partial charge in [0.25, 0.3) is 5.56 Å². The van der Waals surface area contributed by atoms with Crippen molar-refractivity contribution >= 4 is 38.5 Å². The highest BCUT2D eigenvalue weighted by molar-refractivity contribution is 7.18. The molecule has 0 bridgehead atoms. The van der Waals surface area contributed by atoms with Gasteiger partial charge in [-0.05, 0) is 38.5 Å². The molecule has 0 aliphatic rings. The van der Waals surface area contributed by atoms with Crippen LogP contribution in [0.25, 0.3) is 21.3 Å². The van der Waals surface area contributed by atoms with E-state index in [2.05, 4.69) is 21.5 Å². The largest absolute Gasteiger partial charge is 0.338 e. The number of aromatic nitrogens is 4. The summed E-state index contributed by atoms with van der Waals surface area (Å²) in [4.78, 5) is 40.7. The smallest absolute Gasteiger partial charge is 0.259 e. The van der Waals surface area contributed by atoms with Crippen molar-refractivity contribution in [1.82, 2.24) is 24.4 Å². The van der Waals surface area contributed by atoms with Gasteiger partial charge in [0.2, 0.25) is 5.91 Å². The molecule has 0 aliphatic carbocycles. The van der Waals surface area contributed by atoms with Gasteiger partial charge >= 0.3 is 0 Å². The van der Waals surface area contributed by atoms with Crippen LogP contribution in [0.15, 0.2) is 29.1 Å². The molecule has 1 aromatic carbocycles. The van der Waals surface area contributed by atoms with Gasteiger partial charge in [-0.1, -0.05) is 12.1 Å². The molecule has 0 saturated carbocycles. The number of carbonyl (C=O) groups excluding carboxylic acids is 1. The van der Waals surface area contributed by atoms with Gasteiger partial charge < -0.3 is 14.5 Å². The summed E-state index contributed by atoms with van der Waals surface area (Å²) in [6.07, 6.45) is 0.676. The second-order valence-corrected chi connectivity index (χ2v) is 8.69. The number of aromatic amines is 1. The molecule has 0 unspecified atom stereocenters. The number of nitrogens with one attached hydrogen (secondary N) is 1. The fourth-order valence-corrected chi connectivity index (χ4v) is 4.78. The average Bonchev–Trinajstić information content (AvgIpc) is 3.22. The van der Waals surface area contributed by atoms with Crippen LogP contribution in [-0.2, 0) is 24.3 Å². The maximum atomic E-state index is 12.7. The molecule has 4 aromatic rings. The zero-order valence-corrected chi connectivity index (χ0v) is 18.5. The van der Waals surface area contributed by atoms with E-state index in [0.29, 0.717) is 24.2 Å². The Bertz CT molecular complexity index is 1300. The lowest BCUT2D eigenvalue weighted by Crippen LogP contribution is -2.28. The number of hydrogen-bond donors (Lipinski definition) is 1. The second kappa shape index (κ2) is 8.02. The zero-order chi connectivity index (χ0) is 21.4. The van der Waals surface area contributed by atoms with E-state index < -0.39 is 0 Å². The van der Waals surface area contributed by atoms with E-state index >= 15 is 0 Å². The van der Waals surface area contributed by atoms with Gasteiger partial charge in [0.15, 0.2) is 0 Å². The predicted molar refractivity (Wildman–Crippen MR) is 120 cm³/mol. The predicted octanol–water partition coefficient (Wildman–Crippen LogP) is 3.56. The van der Waals surface area contributed by atoms with Crippen molar-refractivity contribution in [3.63, 3.8) is 0 Å². The third-order valence-corrected chi connectivity index (χ3v) is 6.62. The van der Waals surface area contributed by atoms with Crippen molar-refractivity contribution in [2.75, 3.05) is 7.05 Å². The standard InChI is InChI=1S/C22H25N5O2S/c1-5-27-16-9-7-6-8-15(16)23-18(27)12-26(4)19(28)11-10-17-24-21(29)20-13(2)14(3)30-22(20)25-17/h6-9H,5,10-12H2,1-4H3,(H,24,25,29). The van der Waals surface area contributed by atoms with Crippen LogP contribution in [0.2, 0.25) is 0 Å². The number of H-pyrrole nitrogens is 1. The summed E-state index contributed by atoms with van der Waals surface area (Å²) < 4.78 is 2.13. The van der Waals surface area contributed by atoms with E-state index in [1.54, 1.807) is 11.9 Å². The third kappa shape index (κ3) is 3.63.